The zero-order valence-electron chi connectivity index (χ0n) is 8.78. The van der Waals surface area contributed by atoms with Gasteiger partial charge in [-0.2, -0.15) is 4.98 Å². The minimum atomic E-state index is 0.253. The zero-order chi connectivity index (χ0) is 10.8. The number of imidazole rings is 1. The van der Waals surface area contributed by atoms with Crippen LogP contribution >= 0.6 is 0 Å². The summed E-state index contributed by atoms with van der Waals surface area (Å²) in [7, 11) is 0. The Morgan fingerprint density at radius 2 is 2.27 bits per heavy atom. The second-order valence-corrected chi connectivity index (χ2v) is 3.63. The summed E-state index contributed by atoms with van der Waals surface area (Å²) in [6.07, 6.45) is 4.53. The number of aromatic amines is 1. The standard InChI is InChI=1S/C10H13N5/c1-6(2)3-4-8-13-7-5-12-10(11)15-9(7)14-8/h3,5H,4H2,1-2H3,(H3,11,12,13,14,15). The van der Waals surface area contributed by atoms with Gasteiger partial charge in [0.25, 0.3) is 0 Å². The van der Waals surface area contributed by atoms with Crippen LogP contribution < -0.4 is 5.73 Å². The molecule has 2 heterocycles. The van der Waals surface area contributed by atoms with Crippen LogP contribution in [0.3, 0.4) is 0 Å². The third-order valence-corrected chi connectivity index (χ3v) is 2.01. The average molecular weight is 203 g/mol. The van der Waals surface area contributed by atoms with Gasteiger partial charge in [-0.3, -0.25) is 0 Å². The summed E-state index contributed by atoms with van der Waals surface area (Å²) in [4.78, 5) is 15.4. The van der Waals surface area contributed by atoms with Crippen LogP contribution in [0.5, 0.6) is 0 Å². The molecule has 0 unspecified atom stereocenters. The van der Waals surface area contributed by atoms with Gasteiger partial charge in [0.05, 0.1) is 6.20 Å². The van der Waals surface area contributed by atoms with E-state index in [1.165, 1.54) is 5.57 Å². The molecule has 0 saturated heterocycles. The van der Waals surface area contributed by atoms with E-state index in [0.717, 1.165) is 17.8 Å². The van der Waals surface area contributed by atoms with Gasteiger partial charge in [0.1, 0.15) is 11.3 Å². The number of allylic oxidation sites excluding steroid dienone is 2. The van der Waals surface area contributed by atoms with E-state index in [-0.39, 0.29) is 5.95 Å². The second-order valence-electron chi connectivity index (χ2n) is 3.63. The van der Waals surface area contributed by atoms with Gasteiger partial charge in [-0.15, -0.1) is 0 Å². The van der Waals surface area contributed by atoms with E-state index in [0.29, 0.717) is 5.65 Å². The third kappa shape index (κ3) is 2.12. The number of aromatic nitrogens is 4. The molecule has 78 valence electrons. The molecule has 0 aliphatic rings. The Morgan fingerprint density at radius 1 is 1.47 bits per heavy atom. The molecule has 0 fully saturated rings. The molecule has 2 aromatic rings. The molecule has 0 aromatic carbocycles. The highest BCUT2D eigenvalue weighted by molar-refractivity contribution is 5.70. The predicted molar refractivity (Wildman–Crippen MR) is 59.2 cm³/mol. The predicted octanol–water partition coefficient (Wildman–Crippen LogP) is 1.44. The second kappa shape index (κ2) is 3.68. The Kier molecular flexibility index (Phi) is 2.37. The van der Waals surface area contributed by atoms with Gasteiger partial charge < -0.3 is 10.7 Å². The average Bonchev–Trinajstić information content (AvgIpc) is 2.56. The van der Waals surface area contributed by atoms with Crippen molar-refractivity contribution >= 4 is 17.1 Å². The van der Waals surface area contributed by atoms with Gasteiger partial charge in [-0.25, -0.2) is 9.97 Å². The summed E-state index contributed by atoms with van der Waals surface area (Å²) >= 11 is 0. The molecule has 0 aliphatic heterocycles. The van der Waals surface area contributed by atoms with Crippen LogP contribution in [0.4, 0.5) is 5.95 Å². The fourth-order valence-corrected chi connectivity index (χ4v) is 1.27. The highest BCUT2D eigenvalue weighted by Crippen LogP contribution is 2.09. The summed E-state index contributed by atoms with van der Waals surface area (Å²) in [5.74, 6) is 1.13. The van der Waals surface area contributed by atoms with Gasteiger partial charge in [-0.1, -0.05) is 11.6 Å². The first-order chi connectivity index (χ1) is 7.15. The van der Waals surface area contributed by atoms with E-state index < -0.39 is 0 Å². The summed E-state index contributed by atoms with van der Waals surface area (Å²) in [5, 5.41) is 0. The Labute approximate surface area is 87.5 Å². The highest BCUT2D eigenvalue weighted by Gasteiger charge is 2.03. The van der Waals surface area contributed by atoms with Gasteiger partial charge >= 0.3 is 0 Å². The monoisotopic (exact) mass is 203 g/mol. The molecule has 0 amide bonds. The molecule has 5 nitrogen and oxygen atoms in total. The topological polar surface area (TPSA) is 80.5 Å². The molecule has 0 atom stereocenters. The molecule has 0 spiro atoms. The van der Waals surface area contributed by atoms with Crippen molar-refractivity contribution in [3.05, 3.63) is 23.7 Å². The lowest BCUT2D eigenvalue weighted by atomic mass is 10.2. The van der Waals surface area contributed by atoms with Crippen LogP contribution in [-0.2, 0) is 6.42 Å². The van der Waals surface area contributed by atoms with Gasteiger partial charge in [0.2, 0.25) is 5.95 Å². The number of nitrogens with zero attached hydrogens (tertiary/aromatic N) is 3. The lowest BCUT2D eigenvalue weighted by Crippen LogP contribution is -1.93. The van der Waals surface area contributed by atoms with Gasteiger partial charge in [0, 0.05) is 6.42 Å². The fourth-order valence-electron chi connectivity index (χ4n) is 1.27. The number of anilines is 1. The Hall–Kier alpha value is -1.91. The summed E-state index contributed by atoms with van der Waals surface area (Å²) in [5.41, 5.74) is 8.18. The smallest absolute Gasteiger partial charge is 0.222 e. The Morgan fingerprint density at radius 3 is 3.00 bits per heavy atom. The SMILES string of the molecule is CC(C)=CCc1nc2nc(N)ncc2[nH]1. The summed E-state index contributed by atoms with van der Waals surface area (Å²) in [6, 6.07) is 0. The number of H-pyrrole nitrogens is 1. The van der Waals surface area contributed by atoms with E-state index >= 15 is 0 Å². The zero-order valence-corrected chi connectivity index (χ0v) is 8.78. The van der Waals surface area contributed by atoms with Crippen molar-refractivity contribution in [3.8, 4) is 0 Å². The molecule has 0 saturated carbocycles. The van der Waals surface area contributed by atoms with Crippen LogP contribution in [0.25, 0.3) is 11.2 Å². The number of rotatable bonds is 2. The van der Waals surface area contributed by atoms with Gasteiger partial charge in [-0.05, 0) is 13.8 Å². The van der Waals surface area contributed by atoms with Crippen LogP contribution in [-0.4, -0.2) is 19.9 Å². The van der Waals surface area contributed by atoms with Crippen molar-refractivity contribution in [3.63, 3.8) is 0 Å². The van der Waals surface area contributed by atoms with Crippen LogP contribution in [0.1, 0.15) is 19.7 Å². The lowest BCUT2D eigenvalue weighted by molar-refractivity contribution is 1.05. The first-order valence-electron chi connectivity index (χ1n) is 4.75. The molecule has 0 radical (unpaired) electrons. The van der Waals surface area contributed by atoms with E-state index in [9.17, 15) is 0 Å². The number of nitrogens with two attached hydrogens (primary N) is 1. The summed E-state index contributed by atoms with van der Waals surface area (Å²) in [6.45, 7) is 4.11. The number of nitrogen functional groups attached to an aromatic ring is 1. The van der Waals surface area contributed by atoms with Crippen LogP contribution in [0.15, 0.2) is 17.8 Å². The van der Waals surface area contributed by atoms with Crippen molar-refractivity contribution in [1.29, 1.82) is 0 Å². The normalized spacial score (nSPS) is 10.5. The molecular formula is C10H13N5. The van der Waals surface area contributed by atoms with E-state index in [4.69, 9.17) is 5.73 Å². The van der Waals surface area contributed by atoms with Gasteiger partial charge in [0.15, 0.2) is 5.65 Å². The van der Waals surface area contributed by atoms with Crippen molar-refractivity contribution < 1.29 is 0 Å². The maximum absolute atomic E-state index is 5.47. The Balaban J connectivity index is 2.35. The molecule has 2 rings (SSSR count). The number of hydrogen-bond donors (Lipinski definition) is 2. The maximum Gasteiger partial charge on any atom is 0.222 e. The van der Waals surface area contributed by atoms with Crippen LogP contribution in [0.2, 0.25) is 0 Å². The molecule has 5 heteroatoms. The molecule has 0 aliphatic carbocycles. The maximum atomic E-state index is 5.47. The molecule has 3 N–H and O–H groups in total. The first kappa shape index (κ1) is 9.64. The number of hydrogen-bond acceptors (Lipinski definition) is 4. The van der Waals surface area contributed by atoms with Crippen molar-refractivity contribution in [2.75, 3.05) is 5.73 Å². The van der Waals surface area contributed by atoms with E-state index in [2.05, 4.69) is 39.9 Å². The van der Waals surface area contributed by atoms with E-state index in [1.807, 2.05) is 0 Å². The fraction of sp³-hybridized carbons (Fsp3) is 0.300. The third-order valence-electron chi connectivity index (χ3n) is 2.01. The minimum absolute atomic E-state index is 0.253. The molecule has 15 heavy (non-hydrogen) atoms. The van der Waals surface area contributed by atoms with E-state index in [1.54, 1.807) is 6.20 Å². The quantitative estimate of drug-likeness (QED) is 0.724. The minimum Gasteiger partial charge on any atom is -0.368 e. The number of fused-ring (bicyclic) bond motifs is 1. The van der Waals surface area contributed by atoms with Crippen LogP contribution in [0, 0.1) is 0 Å². The lowest BCUT2D eigenvalue weighted by Gasteiger charge is -1.88. The first-order valence-corrected chi connectivity index (χ1v) is 4.75. The van der Waals surface area contributed by atoms with Crippen molar-refractivity contribution in [2.24, 2.45) is 0 Å². The molecule has 2 aromatic heterocycles. The molecular weight excluding hydrogens is 190 g/mol. The number of nitrogens with one attached hydrogen (secondary N) is 1. The largest absolute Gasteiger partial charge is 0.368 e. The van der Waals surface area contributed by atoms with Crippen molar-refractivity contribution in [2.45, 2.75) is 20.3 Å². The molecule has 0 bridgehead atoms. The van der Waals surface area contributed by atoms with Crippen molar-refractivity contribution in [1.82, 2.24) is 19.9 Å². The Bertz CT molecular complexity index is 508. The highest BCUT2D eigenvalue weighted by atomic mass is 15.1. The summed E-state index contributed by atoms with van der Waals surface area (Å²) < 4.78 is 0.